The van der Waals surface area contributed by atoms with Gasteiger partial charge in [-0.15, -0.1) is 0 Å². The average Bonchev–Trinajstić information content (AvgIpc) is 3.07. The summed E-state index contributed by atoms with van der Waals surface area (Å²) in [5.41, 5.74) is -0.651. The maximum Gasteiger partial charge on any atom is 0.344 e. The van der Waals surface area contributed by atoms with Crippen molar-refractivity contribution < 1.29 is 33.3 Å². The maximum absolute atomic E-state index is 12.6. The minimum Gasteiger partial charge on any atom is -0.465 e. The second kappa shape index (κ2) is 6.22. The van der Waals surface area contributed by atoms with Crippen molar-refractivity contribution in [3.8, 4) is 0 Å². The molecule has 0 saturated heterocycles. The van der Waals surface area contributed by atoms with E-state index >= 15 is 0 Å². The molecule has 27 heavy (non-hydrogen) atoms. The Bertz CT molecular complexity index is 907. The standard InChI is InChI=1S/C19H19NO7/c1-18(2,3)20-14-12(16(22)24-4)13(17(23)25-5)19(26-14)11-9-7-6-8-10(11)15(21)27-19/h6-9H,1-5H3. The van der Waals surface area contributed by atoms with Gasteiger partial charge < -0.3 is 18.9 Å². The number of benzene rings is 1. The van der Waals surface area contributed by atoms with Gasteiger partial charge in [-0.1, -0.05) is 12.1 Å². The number of nitrogens with zero attached hydrogens (tertiary/aromatic N) is 1. The normalized spacial score (nSPS) is 22.6. The first kappa shape index (κ1) is 18.6. The maximum atomic E-state index is 12.6. The number of carbonyl (C=O) groups excluding carboxylic acids is 3. The summed E-state index contributed by atoms with van der Waals surface area (Å²) in [6.07, 6.45) is 0. The lowest BCUT2D eigenvalue weighted by molar-refractivity contribution is -0.150. The zero-order valence-electron chi connectivity index (χ0n) is 15.6. The van der Waals surface area contributed by atoms with E-state index in [1.54, 1.807) is 45.0 Å². The summed E-state index contributed by atoms with van der Waals surface area (Å²) in [6, 6.07) is 6.44. The zero-order valence-corrected chi connectivity index (χ0v) is 15.6. The van der Waals surface area contributed by atoms with Gasteiger partial charge >= 0.3 is 23.7 Å². The smallest absolute Gasteiger partial charge is 0.344 e. The van der Waals surface area contributed by atoms with Gasteiger partial charge in [-0.05, 0) is 32.9 Å². The molecule has 1 atom stereocenters. The molecule has 0 fully saturated rings. The van der Waals surface area contributed by atoms with Crippen LogP contribution in [0.5, 0.6) is 0 Å². The average molecular weight is 373 g/mol. The first-order chi connectivity index (χ1) is 12.6. The van der Waals surface area contributed by atoms with Crippen LogP contribution in [0.15, 0.2) is 40.4 Å². The Morgan fingerprint density at radius 1 is 1.04 bits per heavy atom. The molecule has 1 aromatic rings. The molecule has 1 aromatic carbocycles. The van der Waals surface area contributed by atoms with Crippen molar-refractivity contribution in [1.29, 1.82) is 0 Å². The van der Waals surface area contributed by atoms with E-state index in [2.05, 4.69) is 4.99 Å². The van der Waals surface area contributed by atoms with Crippen LogP contribution in [0.2, 0.25) is 0 Å². The van der Waals surface area contributed by atoms with Crippen LogP contribution >= 0.6 is 0 Å². The lowest BCUT2D eigenvalue weighted by atomic mass is 9.94. The second-order valence-corrected chi connectivity index (χ2v) is 6.97. The molecule has 1 spiro atoms. The van der Waals surface area contributed by atoms with E-state index < -0.39 is 29.2 Å². The van der Waals surface area contributed by atoms with Crippen molar-refractivity contribution in [3.63, 3.8) is 0 Å². The molecule has 8 nitrogen and oxygen atoms in total. The number of esters is 3. The van der Waals surface area contributed by atoms with E-state index in [9.17, 15) is 14.4 Å². The number of ether oxygens (including phenoxy) is 4. The Hall–Kier alpha value is -3.16. The molecule has 0 aliphatic carbocycles. The highest BCUT2D eigenvalue weighted by atomic mass is 16.7. The fourth-order valence-electron chi connectivity index (χ4n) is 2.97. The van der Waals surface area contributed by atoms with Crippen LogP contribution in [0.3, 0.4) is 0 Å². The predicted octanol–water partition coefficient (Wildman–Crippen LogP) is 1.88. The summed E-state index contributed by atoms with van der Waals surface area (Å²) in [4.78, 5) is 41.9. The number of hydrogen-bond donors (Lipinski definition) is 0. The monoisotopic (exact) mass is 373 g/mol. The highest BCUT2D eigenvalue weighted by Gasteiger charge is 2.61. The molecule has 3 rings (SSSR count). The van der Waals surface area contributed by atoms with Crippen molar-refractivity contribution in [3.05, 3.63) is 46.5 Å². The minimum absolute atomic E-state index is 0.153. The van der Waals surface area contributed by atoms with Gasteiger partial charge in [0.25, 0.3) is 0 Å². The molecule has 0 aromatic heterocycles. The van der Waals surface area contributed by atoms with Gasteiger partial charge in [0.15, 0.2) is 0 Å². The third kappa shape index (κ3) is 2.87. The van der Waals surface area contributed by atoms with Crippen molar-refractivity contribution >= 4 is 23.8 Å². The van der Waals surface area contributed by atoms with Crippen LogP contribution in [-0.4, -0.2) is 43.6 Å². The van der Waals surface area contributed by atoms with Crippen LogP contribution in [-0.2, 0) is 34.3 Å². The Morgan fingerprint density at radius 2 is 1.67 bits per heavy atom. The SMILES string of the molecule is COC(=O)C1=C(C(=O)OC)C2(OC(=O)c3ccccc32)OC1=NC(C)(C)C. The Labute approximate surface area is 155 Å². The number of aliphatic imine (C=N–C) groups is 1. The molecule has 2 aliphatic rings. The molecule has 1 unspecified atom stereocenters. The molecule has 142 valence electrons. The lowest BCUT2D eigenvalue weighted by Crippen LogP contribution is -2.33. The molecular weight excluding hydrogens is 354 g/mol. The second-order valence-electron chi connectivity index (χ2n) is 6.97. The van der Waals surface area contributed by atoms with Crippen LogP contribution in [0.4, 0.5) is 0 Å². The fraction of sp³-hybridized carbons (Fsp3) is 0.368. The quantitative estimate of drug-likeness (QED) is 0.576. The molecule has 0 saturated carbocycles. The Morgan fingerprint density at radius 3 is 2.26 bits per heavy atom. The third-order valence-electron chi connectivity index (χ3n) is 3.99. The van der Waals surface area contributed by atoms with Gasteiger partial charge in [0.1, 0.15) is 11.1 Å². The number of rotatable bonds is 2. The Kier molecular flexibility index (Phi) is 4.29. The summed E-state index contributed by atoms with van der Waals surface area (Å²) in [5.74, 6) is -4.53. The van der Waals surface area contributed by atoms with Gasteiger partial charge in [-0.25, -0.2) is 19.4 Å². The van der Waals surface area contributed by atoms with Crippen molar-refractivity contribution in [2.45, 2.75) is 32.1 Å². The molecule has 2 aliphatic heterocycles. The topological polar surface area (TPSA) is 100 Å². The van der Waals surface area contributed by atoms with E-state index in [4.69, 9.17) is 18.9 Å². The van der Waals surface area contributed by atoms with Crippen molar-refractivity contribution in [2.24, 2.45) is 4.99 Å². The van der Waals surface area contributed by atoms with Crippen molar-refractivity contribution in [2.75, 3.05) is 14.2 Å². The Balaban J connectivity index is 2.36. The van der Waals surface area contributed by atoms with E-state index in [1.165, 1.54) is 7.11 Å². The molecule has 8 heteroatoms. The van der Waals surface area contributed by atoms with Crippen molar-refractivity contribution in [1.82, 2.24) is 0 Å². The van der Waals surface area contributed by atoms with Crippen LogP contribution in [0.25, 0.3) is 0 Å². The van der Waals surface area contributed by atoms with Gasteiger partial charge in [0.05, 0.1) is 30.9 Å². The van der Waals surface area contributed by atoms with Crippen LogP contribution in [0, 0.1) is 0 Å². The molecular formula is C19H19NO7. The minimum atomic E-state index is -1.95. The van der Waals surface area contributed by atoms with E-state index in [-0.39, 0.29) is 28.2 Å². The molecule has 0 N–H and O–H groups in total. The van der Waals surface area contributed by atoms with Gasteiger partial charge in [-0.2, -0.15) is 0 Å². The summed E-state index contributed by atoms with van der Waals surface area (Å²) in [6.45, 7) is 5.36. The van der Waals surface area contributed by atoms with E-state index in [0.717, 1.165) is 7.11 Å². The molecule has 2 heterocycles. The van der Waals surface area contributed by atoms with Gasteiger partial charge in [0.2, 0.25) is 5.90 Å². The number of carbonyl (C=O) groups is 3. The summed E-state index contributed by atoms with van der Waals surface area (Å²) < 4.78 is 21.0. The van der Waals surface area contributed by atoms with Crippen LogP contribution in [0.1, 0.15) is 36.7 Å². The number of fused-ring (bicyclic) bond motifs is 2. The summed E-state index contributed by atoms with van der Waals surface area (Å²) in [5, 5.41) is 0. The third-order valence-corrected chi connectivity index (χ3v) is 3.99. The molecule has 0 bridgehead atoms. The first-order valence-electron chi connectivity index (χ1n) is 8.18. The fourth-order valence-corrected chi connectivity index (χ4v) is 2.97. The predicted molar refractivity (Wildman–Crippen MR) is 92.9 cm³/mol. The summed E-state index contributed by atoms with van der Waals surface area (Å²) >= 11 is 0. The lowest BCUT2D eigenvalue weighted by Gasteiger charge is -2.25. The van der Waals surface area contributed by atoms with Crippen LogP contribution < -0.4 is 0 Å². The number of methoxy groups -OCH3 is 2. The van der Waals surface area contributed by atoms with Gasteiger partial charge in [0, 0.05) is 0 Å². The highest BCUT2D eigenvalue weighted by Crippen LogP contribution is 2.49. The zero-order chi connectivity index (χ0) is 20.0. The highest BCUT2D eigenvalue weighted by molar-refractivity contribution is 6.24. The van der Waals surface area contributed by atoms with Gasteiger partial charge in [-0.3, -0.25) is 0 Å². The molecule has 0 amide bonds. The first-order valence-corrected chi connectivity index (χ1v) is 8.18. The van der Waals surface area contributed by atoms with E-state index in [1.807, 2.05) is 0 Å². The molecule has 0 radical (unpaired) electrons. The van der Waals surface area contributed by atoms with E-state index in [0.29, 0.717) is 0 Å². The number of hydrogen-bond acceptors (Lipinski definition) is 8. The largest absolute Gasteiger partial charge is 0.465 e. The summed E-state index contributed by atoms with van der Waals surface area (Å²) in [7, 11) is 2.32.